The lowest BCUT2D eigenvalue weighted by molar-refractivity contribution is -0.141. The van der Waals surface area contributed by atoms with Gasteiger partial charge in [0.05, 0.1) is 11.9 Å². The van der Waals surface area contributed by atoms with E-state index in [0.717, 1.165) is 11.1 Å². The number of Topliss-reactive ketones (excluding diaryl/α,β-unsaturated/α-hetero) is 1. The fourth-order valence-electron chi connectivity index (χ4n) is 4.42. The van der Waals surface area contributed by atoms with Crippen molar-refractivity contribution >= 4 is 41.2 Å². The van der Waals surface area contributed by atoms with Crippen molar-refractivity contribution in [3.63, 3.8) is 0 Å². The first-order chi connectivity index (χ1) is 19.2. The molecule has 40 heavy (non-hydrogen) atoms. The summed E-state index contributed by atoms with van der Waals surface area (Å²) in [5.41, 5.74) is 1.67. The number of nitrogens with zero attached hydrogens (tertiary/aromatic N) is 1. The number of ether oxygens (including phenoxy) is 1. The minimum atomic E-state index is -0.962. The summed E-state index contributed by atoms with van der Waals surface area (Å²) in [6.45, 7) is 3.38. The number of hydrogen-bond donors (Lipinski definition) is 3. The number of hydrogen-bond acceptors (Lipinski definition) is 6. The number of ketones is 1. The van der Waals surface area contributed by atoms with Crippen LogP contribution in [-0.2, 0) is 36.9 Å². The Morgan fingerprint density at radius 3 is 2.15 bits per heavy atom. The maximum atomic E-state index is 13.2. The van der Waals surface area contributed by atoms with Crippen LogP contribution in [0.2, 0.25) is 0 Å². The molecule has 1 unspecified atom stereocenters. The Balaban J connectivity index is 1.52. The van der Waals surface area contributed by atoms with Crippen molar-refractivity contribution in [1.82, 2.24) is 20.9 Å². The molecule has 1 aliphatic rings. The highest BCUT2D eigenvalue weighted by molar-refractivity contribution is 6.28. The molecule has 0 bridgehead atoms. The van der Waals surface area contributed by atoms with E-state index in [4.69, 9.17) is 16.3 Å². The van der Waals surface area contributed by atoms with E-state index in [1.807, 2.05) is 60.7 Å². The summed E-state index contributed by atoms with van der Waals surface area (Å²) in [4.78, 5) is 65.0. The number of rotatable bonds is 12. The van der Waals surface area contributed by atoms with Crippen LogP contribution < -0.4 is 16.0 Å². The molecule has 4 atom stereocenters. The van der Waals surface area contributed by atoms with Crippen LogP contribution in [0.15, 0.2) is 60.7 Å². The van der Waals surface area contributed by atoms with Gasteiger partial charge in [-0.25, -0.2) is 4.79 Å². The summed E-state index contributed by atoms with van der Waals surface area (Å²) in [7, 11) is 0. The molecule has 0 aliphatic carbocycles. The van der Waals surface area contributed by atoms with Crippen molar-refractivity contribution in [2.75, 3.05) is 12.4 Å². The van der Waals surface area contributed by atoms with E-state index < -0.39 is 48.0 Å². The molecule has 3 rings (SSSR count). The Kier molecular flexibility index (Phi) is 11.5. The van der Waals surface area contributed by atoms with Gasteiger partial charge in [0.25, 0.3) is 0 Å². The maximum absolute atomic E-state index is 13.2. The van der Waals surface area contributed by atoms with Gasteiger partial charge >= 0.3 is 6.09 Å². The molecule has 0 spiro atoms. The van der Waals surface area contributed by atoms with E-state index >= 15 is 0 Å². The van der Waals surface area contributed by atoms with Crippen LogP contribution in [0, 0.1) is 0 Å². The Hall–Kier alpha value is -3.92. The molecule has 0 saturated carbocycles. The minimum Gasteiger partial charge on any atom is -0.445 e. The maximum Gasteiger partial charge on any atom is 0.408 e. The topological polar surface area (TPSA) is 134 Å². The van der Waals surface area contributed by atoms with Crippen molar-refractivity contribution in [3.8, 4) is 0 Å². The summed E-state index contributed by atoms with van der Waals surface area (Å²) in [6.07, 6.45) is 0.543. The zero-order chi connectivity index (χ0) is 29.1. The molecule has 2 aromatic rings. The van der Waals surface area contributed by atoms with Crippen LogP contribution in [0.25, 0.3) is 0 Å². The number of likely N-dealkylation sites (tertiary alicyclic amines) is 1. The van der Waals surface area contributed by atoms with Gasteiger partial charge in [-0.05, 0) is 44.2 Å². The Morgan fingerprint density at radius 1 is 0.900 bits per heavy atom. The fourth-order valence-corrected chi connectivity index (χ4v) is 4.60. The molecule has 1 aliphatic heterocycles. The molecule has 1 saturated heterocycles. The number of halogens is 1. The average molecular weight is 571 g/mol. The van der Waals surface area contributed by atoms with E-state index in [1.54, 1.807) is 0 Å². The molecule has 2 aromatic carbocycles. The first kappa shape index (κ1) is 30.6. The van der Waals surface area contributed by atoms with Crippen LogP contribution in [0.3, 0.4) is 0 Å². The molecule has 0 aromatic heterocycles. The highest BCUT2D eigenvalue weighted by Crippen LogP contribution is 2.19. The fraction of sp³-hybridized carbons (Fsp3) is 0.414. The van der Waals surface area contributed by atoms with Gasteiger partial charge in [-0.15, -0.1) is 11.6 Å². The van der Waals surface area contributed by atoms with E-state index in [2.05, 4.69) is 16.0 Å². The Labute approximate surface area is 238 Å². The predicted octanol–water partition coefficient (Wildman–Crippen LogP) is 2.33. The second-order valence-corrected chi connectivity index (χ2v) is 9.97. The van der Waals surface area contributed by atoms with Gasteiger partial charge in [0.1, 0.15) is 24.7 Å². The summed E-state index contributed by atoms with van der Waals surface area (Å²) >= 11 is 5.79. The van der Waals surface area contributed by atoms with Gasteiger partial charge in [0.2, 0.25) is 17.7 Å². The van der Waals surface area contributed by atoms with Gasteiger partial charge in [-0.2, -0.15) is 0 Å². The zero-order valence-corrected chi connectivity index (χ0v) is 23.4. The van der Waals surface area contributed by atoms with Gasteiger partial charge in [-0.1, -0.05) is 60.7 Å². The molecule has 1 heterocycles. The van der Waals surface area contributed by atoms with E-state index in [0.29, 0.717) is 19.4 Å². The quantitative estimate of drug-likeness (QED) is 0.335. The number of alkyl carbamates (subject to hydrolysis) is 1. The van der Waals surface area contributed by atoms with Crippen molar-refractivity contribution < 1.29 is 28.7 Å². The molecule has 11 heteroatoms. The van der Waals surface area contributed by atoms with Gasteiger partial charge < -0.3 is 25.6 Å². The summed E-state index contributed by atoms with van der Waals surface area (Å²) in [6, 6.07) is 14.8. The lowest BCUT2D eigenvalue weighted by Crippen LogP contribution is -2.56. The van der Waals surface area contributed by atoms with Crippen molar-refractivity contribution in [2.24, 2.45) is 0 Å². The van der Waals surface area contributed by atoms with Gasteiger partial charge in [0, 0.05) is 6.54 Å². The van der Waals surface area contributed by atoms with Crippen molar-refractivity contribution in [1.29, 1.82) is 0 Å². The van der Waals surface area contributed by atoms with E-state index in [1.165, 1.54) is 18.7 Å². The third-order valence-electron chi connectivity index (χ3n) is 6.63. The normalized spacial score (nSPS) is 16.8. The third kappa shape index (κ3) is 8.81. The Morgan fingerprint density at radius 2 is 1.52 bits per heavy atom. The summed E-state index contributed by atoms with van der Waals surface area (Å²) < 4.78 is 5.14. The highest BCUT2D eigenvalue weighted by atomic mass is 35.5. The Bertz CT molecular complexity index is 1180. The lowest BCUT2D eigenvalue weighted by atomic mass is 10.0. The molecule has 214 valence electrons. The molecule has 10 nitrogen and oxygen atoms in total. The first-order valence-electron chi connectivity index (χ1n) is 13.2. The number of amides is 4. The monoisotopic (exact) mass is 570 g/mol. The van der Waals surface area contributed by atoms with Crippen molar-refractivity contribution in [3.05, 3.63) is 71.8 Å². The number of carbonyl (C=O) groups is 5. The number of alkyl halides is 1. The predicted molar refractivity (Wildman–Crippen MR) is 149 cm³/mol. The average Bonchev–Trinajstić information content (AvgIpc) is 3.46. The number of carbonyl (C=O) groups excluding carboxylic acids is 5. The second-order valence-electron chi connectivity index (χ2n) is 9.70. The molecular formula is C29H35ClN4O6. The van der Waals surface area contributed by atoms with Crippen LogP contribution >= 0.6 is 11.6 Å². The molecule has 4 amide bonds. The van der Waals surface area contributed by atoms with Crippen LogP contribution in [0.1, 0.15) is 37.8 Å². The lowest BCUT2D eigenvalue weighted by Gasteiger charge is -2.29. The molecule has 3 N–H and O–H groups in total. The highest BCUT2D eigenvalue weighted by Gasteiger charge is 2.38. The summed E-state index contributed by atoms with van der Waals surface area (Å²) in [5.74, 6) is -2.03. The molecular weight excluding hydrogens is 536 g/mol. The van der Waals surface area contributed by atoms with Crippen LogP contribution in [0.4, 0.5) is 4.79 Å². The number of benzene rings is 2. The largest absolute Gasteiger partial charge is 0.445 e. The zero-order valence-electron chi connectivity index (χ0n) is 22.6. The third-order valence-corrected chi connectivity index (χ3v) is 6.89. The van der Waals surface area contributed by atoms with E-state index in [-0.39, 0.29) is 24.7 Å². The molecule has 1 fully saturated rings. The smallest absolute Gasteiger partial charge is 0.408 e. The first-order valence-corrected chi connectivity index (χ1v) is 13.7. The standard InChI is InChI=1S/C29H35ClN4O6/c1-19(32-29(39)40-18-22-12-7-4-8-13-22)26(36)31-20(2)28(38)34-15-9-14-24(34)27(37)33-23(25(35)17-30)16-21-10-5-3-6-11-21/h3-8,10-13,19-20,23-24H,9,14-18H2,1-2H3,(H,31,36)(H,32,39)(H,33,37)/t19-,20-,23?,24-/m0/s1. The SMILES string of the molecule is C[C@H](NC(=O)OCc1ccccc1)C(=O)N[C@@H](C)C(=O)N1CCC[C@H]1C(=O)NC(Cc1ccccc1)C(=O)CCl. The second kappa shape index (κ2) is 15.0. The molecule has 0 radical (unpaired) electrons. The van der Waals surface area contributed by atoms with Crippen molar-refractivity contribution in [2.45, 2.75) is 63.9 Å². The van der Waals surface area contributed by atoms with E-state index in [9.17, 15) is 24.0 Å². The summed E-state index contributed by atoms with van der Waals surface area (Å²) in [5, 5.41) is 7.81. The van der Waals surface area contributed by atoms with Crippen LogP contribution in [-0.4, -0.2) is 71.1 Å². The minimum absolute atomic E-state index is 0.0526. The van der Waals surface area contributed by atoms with Crippen LogP contribution in [0.5, 0.6) is 0 Å². The number of nitrogens with one attached hydrogen (secondary N) is 3. The van der Waals surface area contributed by atoms with Gasteiger partial charge in [-0.3, -0.25) is 19.2 Å². The van der Waals surface area contributed by atoms with Gasteiger partial charge in [0.15, 0.2) is 5.78 Å².